The SMILES string of the molecule is CCOC(=O)c1c(NC(=O)c2cccc(N3C(=O)CCC3=O)c2)sc2c1CCN(C(=O)OCC)C2. The number of nitrogens with one attached hydrogen (secondary N) is 1. The second kappa shape index (κ2) is 10.3. The lowest BCUT2D eigenvalue weighted by molar-refractivity contribution is -0.121. The summed E-state index contributed by atoms with van der Waals surface area (Å²) in [7, 11) is 0. The lowest BCUT2D eigenvalue weighted by atomic mass is 10.0. The second-order valence-electron chi connectivity index (χ2n) is 7.93. The number of esters is 1. The van der Waals surface area contributed by atoms with E-state index in [-0.39, 0.29) is 55.5 Å². The van der Waals surface area contributed by atoms with E-state index in [2.05, 4.69) is 5.32 Å². The van der Waals surface area contributed by atoms with E-state index in [1.54, 1.807) is 36.9 Å². The Bertz CT molecular complexity index is 1190. The maximum absolute atomic E-state index is 13.1. The summed E-state index contributed by atoms with van der Waals surface area (Å²) in [4.78, 5) is 65.6. The minimum atomic E-state index is -0.549. The van der Waals surface area contributed by atoms with Crippen LogP contribution in [0.15, 0.2) is 24.3 Å². The van der Waals surface area contributed by atoms with Crippen molar-refractivity contribution in [2.45, 2.75) is 39.7 Å². The predicted molar refractivity (Wildman–Crippen MR) is 128 cm³/mol. The average Bonchev–Trinajstić information content (AvgIpc) is 3.37. The van der Waals surface area contributed by atoms with Crippen LogP contribution in [0.4, 0.5) is 15.5 Å². The van der Waals surface area contributed by atoms with Crippen molar-refractivity contribution < 1.29 is 33.4 Å². The summed E-state index contributed by atoms with van der Waals surface area (Å²) in [6, 6.07) is 6.21. The number of ether oxygens (including phenoxy) is 2. The summed E-state index contributed by atoms with van der Waals surface area (Å²) in [6.45, 7) is 4.50. The number of benzene rings is 1. The largest absolute Gasteiger partial charge is 0.462 e. The van der Waals surface area contributed by atoms with Gasteiger partial charge >= 0.3 is 12.1 Å². The standard InChI is InChI=1S/C24H25N3O7S/c1-3-33-23(31)20-16-10-11-26(24(32)34-4-2)13-17(16)35-22(20)25-21(30)14-6-5-7-15(12-14)27-18(28)8-9-19(27)29/h5-7,12H,3-4,8-11,13H2,1-2H3,(H,25,30). The van der Waals surface area contributed by atoms with Crippen LogP contribution in [0.2, 0.25) is 0 Å². The van der Waals surface area contributed by atoms with Gasteiger partial charge in [-0.2, -0.15) is 0 Å². The molecular formula is C24H25N3O7S. The van der Waals surface area contributed by atoms with Crippen molar-refractivity contribution in [1.82, 2.24) is 4.90 Å². The van der Waals surface area contributed by atoms with E-state index in [1.165, 1.54) is 17.4 Å². The molecule has 0 atom stereocenters. The number of amides is 4. The van der Waals surface area contributed by atoms with Crippen molar-refractivity contribution >= 4 is 51.8 Å². The third-order valence-corrected chi connectivity index (χ3v) is 6.84. The molecule has 184 valence electrons. The second-order valence-corrected chi connectivity index (χ2v) is 9.03. The first-order valence-electron chi connectivity index (χ1n) is 11.3. The summed E-state index contributed by atoms with van der Waals surface area (Å²) in [5.41, 5.74) is 1.58. The fourth-order valence-electron chi connectivity index (χ4n) is 4.11. The Morgan fingerprint density at radius 2 is 1.74 bits per heavy atom. The van der Waals surface area contributed by atoms with Gasteiger partial charge in [0.2, 0.25) is 11.8 Å². The third-order valence-electron chi connectivity index (χ3n) is 5.71. The number of hydrogen-bond acceptors (Lipinski definition) is 8. The van der Waals surface area contributed by atoms with Gasteiger partial charge in [-0.3, -0.25) is 19.3 Å². The first kappa shape index (κ1) is 24.4. The highest BCUT2D eigenvalue weighted by Crippen LogP contribution is 2.38. The van der Waals surface area contributed by atoms with E-state index in [0.717, 1.165) is 15.3 Å². The molecule has 1 saturated heterocycles. The Morgan fingerprint density at radius 1 is 1.03 bits per heavy atom. The molecule has 11 heteroatoms. The Hall–Kier alpha value is -3.73. The van der Waals surface area contributed by atoms with Gasteiger partial charge in [-0.15, -0.1) is 11.3 Å². The molecule has 35 heavy (non-hydrogen) atoms. The molecule has 10 nitrogen and oxygen atoms in total. The van der Waals surface area contributed by atoms with Crippen LogP contribution < -0.4 is 10.2 Å². The van der Waals surface area contributed by atoms with Gasteiger partial charge in [-0.25, -0.2) is 9.59 Å². The van der Waals surface area contributed by atoms with E-state index in [0.29, 0.717) is 23.7 Å². The van der Waals surface area contributed by atoms with E-state index < -0.39 is 18.0 Å². The van der Waals surface area contributed by atoms with Crippen LogP contribution >= 0.6 is 11.3 Å². The molecule has 0 bridgehead atoms. The first-order chi connectivity index (χ1) is 16.8. The van der Waals surface area contributed by atoms with Gasteiger partial charge in [0, 0.05) is 29.8 Å². The Morgan fingerprint density at radius 3 is 2.43 bits per heavy atom. The minimum Gasteiger partial charge on any atom is -0.462 e. The first-order valence-corrected chi connectivity index (χ1v) is 12.2. The summed E-state index contributed by atoms with van der Waals surface area (Å²) >= 11 is 1.21. The monoisotopic (exact) mass is 499 g/mol. The van der Waals surface area contributed by atoms with Crippen molar-refractivity contribution in [2.24, 2.45) is 0 Å². The molecule has 0 saturated carbocycles. The van der Waals surface area contributed by atoms with E-state index in [1.807, 2.05) is 0 Å². The molecule has 1 fully saturated rings. The van der Waals surface area contributed by atoms with Crippen LogP contribution in [0, 0.1) is 0 Å². The Balaban J connectivity index is 1.61. The zero-order valence-corrected chi connectivity index (χ0v) is 20.2. The van der Waals surface area contributed by atoms with Crippen LogP contribution in [0.3, 0.4) is 0 Å². The minimum absolute atomic E-state index is 0.141. The van der Waals surface area contributed by atoms with Gasteiger partial charge < -0.3 is 19.7 Å². The van der Waals surface area contributed by atoms with Gasteiger partial charge in [0.25, 0.3) is 5.91 Å². The van der Waals surface area contributed by atoms with Gasteiger partial charge in [-0.1, -0.05) is 6.07 Å². The number of anilines is 2. The van der Waals surface area contributed by atoms with Crippen molar-refractivity contribution in [3.05, 3.63) is 45.8 Å². The van der Waals surface area contributed by atoms with Crippen LogP contribution in [0.1, 0.15) is 57.8 Å². The maximum atomic E-state index is 13.1. The summed E-state index contributed by atoms with van der Waals surface area (Å²) < 4.78 is 10.3. The lowest BCUT2D eigenvalue weighted by Gasteiger charge is -2.26. The average molecular weight is 500 g/mol. The Kier molecular flexibility index (Phi) is 7.15. The van der Waals surface area contributed by atoms with Gasteiger partial charge in [0.1, 0.15) is 5.00 Å². The van der Waals surface area contributed by atoms with Gasteiger partial charge in [0.15, 0.2) is 0 Å². The molecule has 1 aromatic carbocycles. The molecule has 4 rings (SSSR count). The molecule has 2 aliphatic rings. The van der Waals surface area contributed by atoms with E-state index >= 15 is 0 Å². The molecule has 2 aliphatic heterocycles. The Labute approximate surface area is 205 Å². The molecule has 2 aromatic rings. The predicted octanol–water partition coefficient (Wildman–Crippen LogP) is 3.35. The highest BCUT2D eigenvalue weighted by atomic mass is 32.1. The number of thiophene rings is 1. The van der Waals surface area contributed by atoms with Crippen molar-refractivity contribution in [3.8, 4) is 0 Å². The number of fused-ring (bicyclic) bond motifs is 1. The summed E-state index contributed by atoms with van der Waals surface area (Å²) in [5.74, 6) is -1.67. The highest BCUT2D eigenvalue weighted by Gasteiger charge is 2.33. The molecule has 1 N–H and O–H groups in total. The lowest BCUT2D eigenvalue weighted by Crippen LogP contribution is -2.36. The zero-order valence-electron chi connectivity index (χ0n) is 19.4. The molecule has 0 spiro atoms. The molecule has 0 unspecified atom stereocenters. The van der Waals surface area contributed by atoms with E-state index in [9.17, 15) is 24.0 Å². The fraction of sp³-hybridized carbons (Fsp3) is 0.375. The number of nitrogens with zero attached hydrogens (tertiary/aromatic N) is 2. The molecule has 0 radical (unpaired) electrons. The number of rotatable bonds is 6. The smallest absolute Gasteiger partial charge is 0.410 e. The van der Waals surface area contributed by atoms with Crippen molar-refractivity contribution in [1.29, 1.82) is 0 Å². The quantitative estimate of drug-likeness (QED) is 0.478. The number of carbonyl (C=O) groups excluding carboxylic acids is 5. The van der Waals surface area contributed by atoms with Gasteiger partial charge in [0.05, 0.1) is 31.0 Å². The van der Waals surface area contributed by atoms with Crippen LogP contribution in [-0.2, 0) is 32.0 Å². The number of carbonyl (C=O) groups is 5. The zero-order chi connectivity index (χ0) is 25.1. The van der Waals surface area contributed by atoms with Crippen LogP contribution in [-0.4, -0.2) is 54.4 Å². The third kappa shape index (κ3) is 4.90. The van der Waals surface area contributed by atoms with E-state index in [4.69, 9.17) is 9.47 Å². The molecule has 0 aliphatic carbocycles. The van der Waals surface area contributed by atoms with Gasteiger partial charge in [-0.05, 0) is 44.0 Å². The number of imide groups is 1. The summed E-state index contributed by atoms with van der Waals surface area (Å²) in [5, 5.41) is 3.11. The fourth-order valence-corrected chi connectivity index (χ4v) is 5.35. The van der Waals surface area contributed by atoms with Crippen molar-refractivity contribution in [3.63, 3.8) is 0 Å². The molecule has 3 heterocycles. The molecular weight excluding hydrogens is 474 g/mol. The molecule has 4 amide bonds. The van der Waals surface area contributed by atoms with Crippen LogP contribution in [0.25, 0.3) is 0 Å². The summed E-state index contributed by atoms with van der Waals surface area (Å²) in [6.07, 6.45) is 0.268. The highest BCUT2D eigenvalue weighted by molar-refractivity contribution is 7.17. The van der Waals surface area contributed by atoms with Crippen LogP contribution in [0.5, 0.6) is 0 Å². The normalized spacial score (nSPS) is 15.1. The van der Waals surface area contributed by atoms with Crippen molar-refractivity contribution in [2.75, 3.05) is 30.0 Å². The number of hydrogen-bond donors (Lipinski definition) is 1. The maximum Gasteiger partial charge on any atom is 0.410 e. The topological polar surface area (TPSA) is 122 Å². The molecule has 1 aromatic heterocycles.